The molecule has 1 amide bonds. The number of cyclic esters (lactones) is 1. The number of aromatic nitrogens is 5. The van der Waals surface area contributed by atoms with Crippen LogP contribution in [0.4, 0.5) is 16.3 Å². The molecule has 7 N–H and O–H groups in total. The highest BCUT2D eigenvalue weighted by atomic mass is 16.7. The Labute approximate surface area is 397 Å². The number of carbonyl (C=O) groups excluding carboxylic acids is 3. The van der Waals surface area contributed by atoms with E-state index in [1.807, 2.05) is 57.0 Å². The van der Waals surface area contributed by atoms with Gasteiger partial charge in [0.1, 0.15) is 29.6 Å². The van der Waals surface area contributed by atoms with Gasteiger partial charge in [-0.25, -0.2) is 9.59 Å². The predicted molar refractivity (Wildman–Crippen MR) is 250 cm³/mol. The van der Waals surface area contributed by atoms with E-state index in [0.717, 1.165) is 5.56 Å². The molecular weight excluding hydrogens is 881 g/mol. The number of nitrogens with two attached hydrogens (primary N) is 2. The van der Waals surface area contributed by atoms with Gasteiger partial charge in [0.25, 0.3) is 5.72 Å². The number of anilines is 2. The molecule has 21 heteroatoms. The number of ether oxygens (including phenoxy) is 5. The van der Waals surface area contributed by atoms with Crippen molar-refractivity contribution in [3.8, 4) is 11.3 Å². The minimum absolute atomic E-state index is 0.0515. The number of likely N-dealkylation sites (N-methyl/N-ethyl adjacent to an activating group) is 1. The van der Waals surface area contributed by atoms with Gasteiger partial charge < -0.3 is 50.7 Å². The summed E-state index contributed by atoms with van der Waals surface area (Å²) < 4.78 is 34.8. The van der Waals surface area contributed by atoms with Crippen LogP contribution in [0.3, 0.4) is 0 Å². The van der Waals surface area contributed by atoms with Gasteiger partial charge >= 0.3 is 17.8 Å². The minimum Gasteiger partial charge on any atom is -0.455 e. The lowest BCUT2D eigenvalue weighted by Gasteiger charge is -2.47. The van der Waals surface area contributed by atoms with Crippen molar-refractivity contribution in [1.82, 2.24) is 39.7 Å². The number of methoxy groups -OCH3 is 1. The van der Waals surface area contributed by atoms with E-state index in [1.165, 1.54) is 30.9 Å². The van der Waals surface area contributed by atoms with Crippen LogP contribution in [-0.2, 0) is 45.5 Å². The molecule has 0 bridgehead atoms. The Kier molecular flexibility index (Phi) is 17.1. The fraction of sp³-hybridized carbons (Fsp3) is 0.681. The molecule has 0 saturated carbocycles. The number of fused-ring (bicyclic) bond motifs is 1. The normalized spacial score (nSPS) is 33.1. The number of nitrogens with one attached hydrogen (secondary N) is 1. The molecule has 21 nitrogen and oxygen atoms in total. The quantitative estimate of drug-likeness (QED) is 0.0672. The van der Waals surface area contributed by atoms with Crippen molar-refractivity contribution in [1.29, 1.82) is 0 Å². The Bertz CT molecular complexity index is 2260. The largest absolute Gasteiger partial charge is 0.455 e. The number of aliphatic hydroxyl groups excluding tert-OH is 2. The van der Waals surface area contributed by atoms with E-state index in [0.29, 0.717) is 56.7 Å². The Morgan fingerprint density at radius 2 is 1.79 bits per heavy atom. The average molecular weight is 953 g/mol. The number of hydrogen-bond acceptors (Lipinski definition) is 18. The molecule has 13 atom stereocenters. The summed E-state index contributed by atoms with van der Waals surface area (Å²) in [7, 11) is 3.33. The van der Waals surface area contributed by atoms with E-state index in [1.54, 1.807) is 36.5 Å². The Morgan fingerprint density at radius 3 is 2.47 bits per heavy atom. The average Bonchev–Trinajstić information content (AvgIpc) is 3.90. The Hall–Kier alpha value is -5.03. The van der Waals surface area contributed by atoms with Gasteiger partial charge in [0.2, 0.25) is 0 Å². The van der Waals surface area contributed by atoms with Crippen molar-refractivity contribution in [3.05, 3.63) is 53.2 Å². The summed E-state index contributed by atoms with van der Waals surface area (Å²) in [6.45, 7) is 13.6. The first kappa shape index (κ1) is 52.3. The number of aliphatic hydroxyl groups is 2. The van der Waals surface area contributed by atoms with Crippen molar-refractivity contribution in [2.75, 3.05) is 51.9 Å². The molecule has 0 spiro atoms. The van der Waals surface area contributed by atoms with Crippen molar-refractivity contribution >= 4 is 29.4 Å². The molecule has 2 unspecified atom stereocenters. The second-order valence-corrected chi connectivity index (χ2v) is 19.1. The lowest BCUT2D eigenvalue weighted by atomic mass is 9.78. The van der Waals surface area contributed by atoms with Crippen molar-refractivity contribution in [2.24, 2.45) is 17.8 Å². The summed E-state index contributed by atoms with van der Waals surface area (Å²) in [5.74, 6) is -4.09. The summed E-state index contributed by atoms with van der Waals surface area (Å²) in [6, 6.07) is 6.75. The van der Waals surface area contributed by atoms with Crippen LogP contribution in [0, 0.1) is 17.8 Å². The van der Waals surface area contributed by atoms with Crippen LogP contribution in [0.1, 0.15) is 80.6 Å². The summed E-state index contributed by atoms with van der Waals surface area (Å²) in [5, 5.41) is 33.6. The number of nitrogen functional groups attached to an aromatic ring is 2. The first-order chi connectivity index (χ1) is 32.3. The van der Waals surface area contributed by atoms with E-state index >= 15 is 0 Å². The zero-order valence-corrected chi connectivity index (χ0v) is 40.8. The van der Waals surface area contributed by atoms with Gasteiger partial charge in [-0.05, 0) is 97.5 Å². The zero-order chi connectivity index (χ0) is 49.7. The van der Waals surface area contributed by atoms with Gasteiger partial charge in [-0.3, -0.25) is 28.6 Å². The number of aryl methyl sites for hydroxylation is 1. The molecule has 5 heterocycles. The molecule has 376 valence electrons. The lowest BCUT2D eigenvalue weighted by Crippen LogP contribution is -2.65. The topological polar surface area (TPSA) is 274 Å². The van der Waals surface area contributed by atoms with Crippen LogP contribution >= 0.6 is 0 Å². The van der Waals surface area contributed by atoms with Gasteiger partial charge in [-0.2, -0.15) is 4.98 Å². The third-order valence-corrected chi connectivity index (χ3v) is 14.0. The number of Topliss-reactive ketones (excluding diaryl/α,β-unsaturated/α-hetero) is 1. The van der Waals surface area contributed by atoms with E-state index in [4.69, 9.17) is 35.2 Å². The maximum absolute atomic E-state index is 14.7. The molecule has 3 fully saturated rings. The monoisotopic (exact) mass is 953 g/mol. The predicted octanol–water partition coefficient (Wildman–Crippen LogP) is 2.38. The second-order valence-electron chi connectivity index (χ2n) is 19.1. The fourth-order valence-corrected chi connectivity index (χ4v) is 10.3. The van der Waals surface area contributed by atoms with Crippen LogP contribution in [0.2, 0.25) is 0 Å². The molecule has 6 rings (SSSR count). The molecule has 0 radical (unpaired) electrons. The number of carbonyl (C=O) groups is 3. The number of rotatable bonds is 14. The van der Waals surface area contributed by atoms with E-state index in [-0.39, 0.29) is 37.4 Å². The number of unbranched alkanes of at least 4 members (excludes halogenated alkanes) is 1. The molecule has 0 aliphatic carbocycles. The smallest absolute Gasteiger partial charge is 0.412 e. The highest BCUT2D eigenvalue weighted by Gasteiger charge is 2.63. The number of benzene rings is 1. The fourth-order valence-electron chi connectivity index (χ4n) is 10.3. The van der Waals surface area contributed by atoms with Gasteiger partial charge in [-0.15, -0.1) is 5.10 Å². The number of ketones is 1. The Morgan fingerprint density at radius 1 is 1.06 bits per heavy atom. The molecule has 68 heavy (non-hydrogen) atoms. The molecule has 3 saturated heterocycles. The molecule has 3 aliphatic rings. The molecule has 3 aromatic rings. The summed E-state index contributed by atoms with van der Waals surface area (Å²) in [6.07, 6.45) is -0.645. The van der Waals surface area contributed by atoms with Crippen LogP contribution in [-0.4, -0.2) is 157 Å². The summed E-state index contributed by atoms with van der Waals surface area (Å²) in [4.78, 5) is 65.1. The summed E-state index contributed by atoms with van der Waals surface area (Å²) >= 11 is 0. The number of esters is 1. The van der Waals surface area contributed by atoms with Crippen LogP contribution in [0.25, 0.3) is 11.3 Å². The van der Waals surface area contributed by atoms with Gasteiger partial charge in [0.15, 0.2) is 18.2 Å². The maximum Gasteiger partial charge on any atom is 0.412 e. The minimum atomic E-state index is -1.99. The van der Waals surface area contributed by atoms with Gasteiger partial charge in [-0.1, -0.05) is 38.1 Å². The molecular formula is C47H72N10O11. The first-order valence-corrected chi connectivity index (χ1v) is 23.7. The number of amides is 1. The molecule has 2 aromatic heterocycles. The van der Waals surface area contributed by atoms with Crippen molar-refractivity contribution in [2.45, 2.75) is 147 Å². The highest BCUT2D eigenvalue weighted by Crippen LogP contribution is 2.43. The lowest BCUT2D eigenvalue weighted by molar-refractivity contribution is -0.296. The number of nitrogens with zero attached hydrogens (tertiary/aromatic N) is 7. The Balaban J connectivity index is 1.34. The third kappa shape index (κ3) is 11.0. The van der Waals surface area contributed by atoms with Gasteiger partial charge in [0.05, 0.1) is 30.6 Å². The van der Waals surface area contributed by atoms with Crippen molar-refractivity contribution in [3.63, 3.8) is 0 Å². The van der Waals surface area contributed by atoms with E-state index in [9.17, 15) is 29.4 Å². The summed E-state index contributed by atoms with van der Waals surface area (Å²) in [5.41, 5.74) is 10.1. The maximum atomic E-state index is 14.7. The third-order valence-electron chi connectivity index (χ3n) is 14.0. The highest BCUT2D eigenvalue weighted by molar-refractivity contribution is 6.00. The van der Waals surface area contributed by atoms with Crippen LogP contribution < -0.4 is 22.5 Å². The molecule has 3 aliphatic heterocycles. The van der Waals surface area contributed by atoms with Crippen molar-refractivity contribution < 1.29 is 48.3 Å². The first-order valence-electron chi connectivity index (χ1n) is 23.7. The SMILES string of the molecule is CC[C@H]1OC(=O)[C@H](C)C(=O)[C@H](C)[C@@H](O[C@@H]2O[C@H](C)CC(N(C)CCO)C2O)[C@](C)(OC)C[C@@H](C)CN[C@H](C)[C@H]2N(CCCCn3cc(-c4cccc(N)c4)nn3)C(=O)O[C@]12n1ccc(N)nc1=O. The number of hydrogen-bond donors (Lipinski definition) is 5. The standard InChI is InChI=1S/C47H72N10O11/c1-10-36-47(57-19-16-37(49)51-44(57)62)40(56(45(63)68-47)18-12-11-17-55-26-34(52-53-55)32-14-13-15-33(48)23-32)31(6)50-25-27(2)24-46(7,64-9)41(29(4)38(59)30(5)42(61)66-36)67-43-39(60)35(22-28(3)65-43)54(8)20-21-58/h13-16,19,23,26-31,35-36,39-41,43,50,58,60H,10-12,17-18,20-22,24-25,48H2,1-9H3,(H2,49,51,62)/t27-,28-,29+,30-,31-,35?,36-,39?,40-,41-,43+,46-,47-/m1/s1. The second kappa shape index (κ2) is 22.2. The van der Waals surface area contributed by atoms with Crippen LogP contribution in [0.15, 0.2) is 47.5 Å². The zero-order valence-electron chi connectivity index (χ0n) is 40.8. The van der Waals surface area contributed by atoms with E-state index < -0.39 is 89.4 Å². The molecule has 1 aromatic carbocycles. The van der Waals surface area contributed by atoms with Gasteiger partial charge in [0, 0.05) is 62.2 Å². The van der Waals surface area contributed by atoms with Crippen LogP contribution in [0.5, 0.6) is 0 Å². The van der Waals surface area contributed by atoms with E-state index in [2.05, 4.69) is 20.6 Å².